The van der Waals surface area contributed by atoms with Gasteiger partial charge in [-0.15, -0.1) is 0 Å². The summed E-state index contributed by atoms with van der Waals surface area (Å²) in [5.41, 5.74) is 7.68. The lowest BCUT2D eigenvalue weighted by Crippen LogP contribution is -1.92. The van der Waals surface area contributed by atoms with Gasteiger partial charge in [-0.05, 0) is 40.8 Å². The maximum absolute atomic E-state index is 13.7. The summed E-state index contributed by atoms with van der Waals surface area (Å²) in [4.78, 5) is 0. The second kappa shape index (κ2) is 4.18. The Labute approximate surface area is 101 Å². The minimum absolute atomic E-state index is 0.236. The predicted molar refractivity (Wildman–Crippen MR) is 69.0 cm³/mol. The van der Waals surface area contributed by atoms with Crippen LogP contribution in [0.2, 0.25) is 0 Å². The molecule has 0 aromatic heterocycles. The third kappa shape index (κ3) is 2.12. The molecule has 3 heteroatoms. The summed E-state index contributed by atoms with van der Waals surface area (Å²) in [5, 5.41) is 0. The standard InChI is InChI=1S/C12H9FIN/c13-11-7-8(14)5-6-9(11)10-3-1-2-4-12(10)15/h1-7H,15H2. The molecule has 2 aromatic rings. The van der Waals surface area contributed by atoms with Crippen molar-refractivity contribution < 1.29 is 4.39 Å². The number of para-hydroxylation sites is 1. The van der Waals surface area contributed by atoms with Crippen LogP contribution in [-0.4, -0.2) is 0 Å². The highest BCUT2D eigenvalue weighted by molar-refractivity contribution is 14.1. The number of hydrogen-bond acceptors (Lipinski definition) is 1. The SMILES string of the molecule is Nc1ccccc1-c1ccc(I)cc1F. The minimum Gasteiger partial charge on any atom is -0.398 e. The van der Waals surface area contributed by atoms with E-state index in [-0.39, 0.29) is 5.82 Å². The molecule has 0 fully saturated rings. The Morgan fingerprint density at radius 3 is 2.40 bits per heavy atom. The van der Waals surface area contributed by atoms with Crippen LogP contribution in [0.4, 0.5) is 10.1 Å². The summed E-state index contributed by atoms with van der Waals surface area (Å²) >= 11 is 2.08. The van der Waals surface area contributed by atoms with Gasteiger partial charge in [0.05, 0.1) is 0 Å². The molecule has 1 nitrogen and oxygen atoms in total. The van der Waals surface area contributed by atoms with Gasteiger partial charge >= 0.3 is 0 Å². The molecule has 76 valence electrons. The Bertz CT molecular complexity index is 497. The van der Waals surface area contributed by atoms with Crippen molar-refractivity contribution in [3.05, 3.63) is 51.9 Å². The molecule has 2 rings (SSSR count). The van der Waals surface area contributed by atoms with Crippen LogP contribution in [0.1, 0.15) is 0 Å². The monoisotopic (exact) mass is 313 g/mol. The lowest BCUT2D eigenvalue weighted by Gasteiger charge is -2.06. The summed E-state index contributed by atoms with van der Waals surface area (Å²) in [6.07, 6.45) is 0. The molecule has 0 heterocycles. The number of benzene rings is 2. The zero-order valence-electron chi connectivity index (χ0n) is 7.87. The number of anilines is 1. The van der Waals surface area contributed by atoms with Crippen molar-refractivity contribution in [1.82, 2.24) is 0 Å². The van der Waals surface area contributed by atoms with Crippen molar-refractivity contribution in [1.29, 1.82) is 0 Å². The third-order valence-electron chi connectivity index (χ3n) is 2.18. The van der Waals surface area contributed by atoms with Gasteiger partial charge in [0, 0.05) is 20.4 Å². The van der Waals surface area contributed by atoms with Crippen molar-refractivity contribution in [3.63, 3.8) is 0 Å². The zero-order chi connectivity index (χ0) is 10.8. The van der Waals surface area contributed by atoms with Crippen LogP contribution in [0.3, 0.4) is 0 Å². The summed E-state index contributed by atoms with van der Waals surface area (Å²) in [5.74, 6) is -0.236. The van der Waals surface area contributed by atoms with Gasteiger partial charge in [-0.3, -0.25) is 0 Å². The predicted octanol–water partition coefficient (Wildman–Crippen LogP) is 3.68. The van der Waals surface area contributed by atoms with Crippen molar-refractivity contribution in [2.24, 2.45) is 0 Å². The van der Waals surface area contributed by atoms with Gasteiger partial charge in [-0.2, -0.15) is 0 Å². The van der Waals surface area contributed by atoms with E-state index in [9.17, 15) is 4.39 Å². The molecule has 0 spiro atoms. The Kier molecular flexibility index (Phi) is 2.90. The maximum atomic E-state index is 13.7. The summed E-state index contributed by atoms with van der Waals surface area (Å²) in [6, 6.07) is 12.4. The first kappa shape index (κ1) is 10.4. The van der Waals surface area contributed by atoms with Gasteiger partial charge in [0.2, 0.25) is 0 Å². The van der Waals surface area contributed by atoms with Gasteiger partial charge in [-0.25, -0.2) is 4.39 Å². The first-order valence-electron chi connectivity index (χ1n) is 4.48. The molecule has 0 radical (unpaired) electrons. The van der Waals surface area contributed by atoms with Gasteiger partial charge in [0.25, 0.3) is 0 Å². The van der Waals surface area contributed by atoms with E-state index in [2.05, 4.69) is 22.6 Å². The highest BCUT2D eigenvalue weighted by atomic mass is 127. The van der Waals surface area contributed by atoms with E-state index in [0.29, 0.717) is 11.3 Å². The van der Waals surface area contributed by atoms with Crippen molar-refractivity contribution in [2.45, 2.75) is 0 Å². The molecule has 0 saturated carbocycles. The third-order valence-corrected chi connectivity index (χ3v) is 2.85. The minimum atomic E-state index is -0.236. The summed E-state index contributed by atoms with van der Waals surface area (Å²) < 4.78 is 14.5. The summed E-state index contributed by atoms with van der Waals surface area (Å²) in [6.45, 7) is 0. The molecule has 2 N–H and O–H groups in total. The van der Waals surface area contributed by atoms with Gasteiger partial charge in [0.1, 0.15) is 5.82 Å². The van der Waals surface area contributed by atoms with Crippen molar-refractivity contribution >= 4 is 28.3 Å². The fraction of sp³-hybridized carbons (Fsp3) is 0. The van der Waals surface area contributed by atoms with Crippen molar-refractivity contribution in [2.75, 3.05) is 5.73 Å². The quantitative estimate of drug-likeness (QED) is 0.631. The van der Waals surface area contributed by atoms with E-state index in [1.54, 1.807) is 12.1 Å². The number of nitrogens with two attached hydrogens (primary N) is 1. The molecule has 0 aliphatic carbocycles. The average Bonchev–Trinajstić information content (AvgIpc) is 2.20. The second-order valence-corrected chi connectivity index (χ2v) is 4.46. The average molecular weight is 313 g/mol. The van der Waals surface area contributed by atoms with Crippen LogP contribution in [0, 0.1) is 9.39 Å². The van der Waals surface area contributed by atoms with Crippen molar-refractivity contribution in [3.8, 4) is 11.1 Å². The van der Waals surface area contributed by atoms with Crippen LogP contribution in [-0.2, 0) is 0 Å². The second-order valence-electron chi connectivity index (χ2n) is 3.21. The fourth-order valence-electron chi connectivity index (χ4n) is 1.45. The molecule has 0 aliphatic heterocycles. The molecule has 2 aromatic carbocycles. The van der Waals surface area contributed by atoms with E-state index < -0.39 is 0 Å². The fourth-order valence-corrected chi connectivity index (χ4v) is 1.90. The number of nitrogen functional groups attached to an aromatic ring is 1. The highest BCUT2D eigenvalue weighted by Gasteiger charge is 2.07. The first-order valence-corrected chi connectivity index (χ1v) is 5.56. The van der Waals surface area contributed by atoms with Gasteiger partial charge in [-0.1, -0.05) is 24.3 Å². The number of halogens is 2. The normalized spacial score (nSPS) is 10.3. The Morgan fingerprint density at radius 2 is 1.73 bits per heavy atom. The Morgan fingerprint density at radius 1 is 1.00 bits per heavy atom. The van der Waals surface area contributed by atoms with Crippen LogP contribution in [0.15, 0.2) is 42.5 Å². The topological polar surface area (TPSA) is 26.0 Å². The zero-order valence-corrected chi connectivity index (χ0v) is 10.0. The van der Waals surface area contributed by atoms with E-state index >= 15 is 0 Å². The van der Waals surface area contributed by atoms with Crippen LogP contribution in [0.5, 0.6) is 0 Å². The van der Waals surface area contributed by atoms with Crippen LogP contribution >= 0.6 is 22.6 Å². The van der Waals surface area contributed by atoms with E-state index in [1.165, 1.54) is 6.07 Å². The number of rotatable bonds is 1. The van der Waals surface area contributed by atoms with E-state index in [0.717, 1.165) is 9.13 Å². The largest absolute Gasteiger partial charge is 0.398 e. The molecule has 0 bridgehead atoms. The molecule has 0 unspecified atom stereocenters. The summed E-state index contributed by atoms with van der Waals surface area (Å²) in [7, 11) is 0. The highest BCUT2D eigenvalue weighted by Crippen LogP contribution is 2.28. The molecular weight excluding hydrogens is 304 g/mol. The van der Waals surface area contributed by atoms with Gasteiger partial charge in [0.15, 0.2) is 0 Å². The molecule has 0 atom stereocenters. The van der Waals surface area contributed by atoms with E-state index in [1.807, 2.05) is 24.3 Å². The van der Waals surface area contributed by atoms with Gasteiger partial charge < -0.3 is 5.73 Å². The van der Waals surface area contributed by atoms with Crippen LogP contribution < -0.4 is 5.73 Å². The lowest BCUT2D eigenvalue weighted by atomic mass is 10.0. The Hall–Kier alpha value is -1.10. The lowest BCUT2D eigenvalue weighted by molar-refractivity contribution is 0.630. The Balaban J connectivity index is 2.60. The smallest absolute Gasteiger partial charge is 0.132 e. The van der Waals surface area contributed by atoms with E-state index in [4.69, 9.17) is 5.73 Å². The molecule has 0 saturated heterocycles. The van der Waals surface area contributed by atoms with Crippen LogP contribution in [0.25, 0.3) is 11.1 Å². The molecule has 0 aliphatic rings. The number of hydrogen-bond donors (Lipinski definition) is 1. The first-order chi connectivity index (χ1) is 7.18. The molecule has 0 amide bonds. The molecular formula is C12H9FIN. The maximum Gasteiger partial charge on any atom is 0.132 e. The molecule has 15 heavy (non-hydrogen) atoms.